The van der Waals surface area contributed by atoms with Gasteiger partial charge in [0.05, 0.1) is 5.69 Å². The van der Waals surface area contributed by atoms with Crippen LogP contribution in [-0.4, -0.2) is 37.0 Å². The molecule has 1 aromatic carbocycles. The first-order valence-corrected chi connectivity index (χ1v) is 5.50. The monoisotopic (exact) mass is 237 g/mol. The number of rotatable bonds is 1. The van der Waals surface area contributed by atoms with Gasteiger partial charge in [0.1, 0.15) is 5.82 Å². The second kappa shape index (κ2) is 4.90. The number of para-hydroxylation sites is 1. The van der Waals surface area contributed by atoms with Crippen molar-refractivity contribution in [1.82, 2.24) is 4.90 Å². The van der Waals surface area contributed by atoms with Crippen LogP contribution in [0, 0.1) is 5.82 Å². The van der Waals surface area contributed by atoms with Gasteiger partial charge in [-0.05, 0) is 12.1 Å². The number of hydrogen-bond donors (Lipinski definition) is 2. The van der Waals surface area contributed by atoms with Gasteiger partial charge in [0.2, 0.25) is 5.96 Å². The zero-order valence-electron chi connectivity index (χ0n) is 9.51. The van der Waals surface area contributed by atoms with Crippen LogP contribution in [-0.2, 0) is 0 Å². The summed E-state index contributed by atoms with van der Waals surface area (Å²) < 4.78 is 13.6. The van der Waals surface area contributed by atoms with E-state index in [4.69, 9.17) is 11.6 Å². The Morgan fingerprint density at radius 1 is 1.18 bits per heavy atom. The fraction of sp³-hybridized carbons (Fsp3) is 0.364. The highest BCUT2D eigenvalue weighted by Gasteiger charge is 2.20. The Hall–Kier alpha value is -1.98. The molecule has 0 amide bonds. The Morgan fingerprint density at radius 3 is 2.41 bits per heavy atom. The van der Waals surface area contributed by atoms with Gasteiger partial charge in [0, 0.05) is 26.2 Å². The first-order chi connectivity index (χ1) is 8.22. The topological polar surface area (TPSA) is 70.9 Å². The van der Waals surface area contributed by atoms with Gasteiger partial charge in [0.25, 0.3) is 0 Å². The summed E-state index contributed by atoms with van der Waals surface area (Å²) in [4.78, 5) is 3.88. The standard InChI is InChI=1S/C11H16FN5/c12-9-3-1-2-4-10(9)16-5-7-17(8-6-16)11(13)15-14/h1-4H,5-8,14H2,(H2,13,15). The zero-order chi connectivity index (χ0) is 12.3. The molecule has 1 heterocycles. The second-order valence-corrected chi connectivity index (χ2v) is 3.91. The van der Waals surface area contributed by atoms with Crippen LogP contribution in [0.1, 0.15) is 0 Å². The summed E-state index contributed by atoms with van der Waals surface area (Å²) in [6, 6.07) is 6.78. The molecule has 0 atom stereocenters. The van der Waals surface area contributed by atoms with Crippen LogP contribution in [0.4, 0.5) is 10.1 Å². The Bertz CT molecular complexity index is 412. The molecular weight excluding hydrogens is 221 g/mol. The molecule has 0 aromatic heterocycles. The molecule has 1 aliphatic heterocycles. The summed E-state index contributed by atoms with van der Waals surface area (Å²) in [6.07, 6.45) is 0. The third-order valence-corrected chi connectivity index (χ3v) is 2.93. The van der Waals surface area contributed by atoms with Crippen molar-refractivity contribution < 1.29 is 4.39 Å². The van der Waals surface area contributed by atoms with E-state index < -0.39 is 0 Å². The molecule has 1 aliphatic rings. The average molecular weight is 237 g/mol. The summed E-state index contributed by atoms with van der Waals surface area (Å²) in [5, 5.41) is 3.46. The van der Waals surface area contributed by atoms with Crippen LogP contribution >= 0.6 is 0 Å². The summed E-state index contributed by atoms with van der Waals surface area (Å²) in [5.74, 6) is 5.26. The molecule has 0 radical (unpaired) electrons. The van der Waals surface area contributed by atoms with Gasteiger partial charge in [0.15, 0.2) is 0 Å². The first-order valence-electron chi connectivity index (χ1n) is 5.50. The molecule has 1 saturated heterocycles. The fourth-order valence-electron chi connectivity index (χ4n) is 1.97. The lowest BCUT2D eigenvalue weighted by molar-refractivity contribution is 0.379. The molecule has 4 N–H and O–H groups in total. The molecule has 0 bridgehead atoms. The van der Waals surface area contributed by atoms with Crippen molar-refractivity contribution >= 4 is 11.6 Å². The minimum Gasteiger partial charge on any atom is -0.368 e. The van der Waals surface area contributed by atoms with Crippen molar-refractivity contribution in [3.8, 4) is 0 Å². The summed E-state index contributed by atoms with van der Waals surface area (Å²) in [5.41, 5.74) is 6.25. The molecule has 0 spiro atoms. The molecule has 0 saturated carbocycles. The highest BCUT2D eigenvalue weighted by atomic mass is 19.1. The van der Waals surface area contributed by atoms with E-state index >= 15 is 0 Å². The van der Waals surface area contributed by atoms with Gasteiger partial charge in [-0.3, -0.25) is 0 Å². The first kappa shape index (κ1) is 11.5. The van der Waals surface area contributed by atoms with Crippen LogP contribution in [0.15, 0.2) is 29.4 Å². The van der Waals surface area contributed by atoms with E-state index in [0.717, 1.165) is 0 Å². The van der Waals surface area contributed by atoms with Crippen molar-refractivity contribution in [3.63, 3.8) is 0 Å². The fourth-order valence-corrected chi connectivity index (χ4v) is 1.97. The van der Waals surface area contributed by atoms with Crippen molar-refractivity contribution in [2.75, 3.05) is 31.1 Å². The van der Waals surface area contributed by atoms with E-state index in [-0.39, 0.29) is 5.82 Å². The van der Waals surface area contributed by atoms with Gasteiger partial charge in [-0.1, -0.05) is 12.1 Å². The third-order valence-electron chi connectivity index (χ3n) is 2.93. The maximum atomic E-state index is 13.6. The van der Waals surface area contributed by atoms with Gasteiger partial charge in [-0.2, -0.15) is 0 Å². The van der Waals surface area contributed by atoms with Crippen LogP contribution < -0.4 is 16.5 Å². The quantitative estimate of drug-likeness (QED) is 0.315. The minimum atomic E-state index is -0.193. The van der Waals surface area contributed by atoms with Crippen LogP contribution in [0.3, 0.4) is 0 Å². The Balaban J connectivity index is 2.03. The second-order valence-electron chi connectivity index (χ2n) is 3.91. The van der Waals surface area contributed by atoms with Crippen molar-refractivity contribution in [2.45, 2.75) is 0 Å². The van der Waals surface area contributed by atoms with Crippen molar-refractivity contribution in [3.05, 3.63) is 30.1 Å². The number of nitrogens with two attached hydrogens (primary N) is 2. The Labute approximate surface area is 99.5 Å². The molecule has 92 valence electrons. The van der Waals surface area contributed by atoms with E-state index in [1.54, 1.807) is 12.1 Å². The Kier molecular flexibility index (Phi) is 3.32. The number of nitrogens with zero attached hydrogens (tertiary/aromatic N) is 3. The van der Waals surface area contributed by atoms with E-state index in [0.29, 0.717) is 37.8 Å². The van der Waals surface area contributed by atoms with E-state index in [1.165, 1.54) is 6.07 Å². The molecule has 0 unspecified atom stereocenters. The molecule has 1 fully saturated rings. The van der Waals surface area contributed by atoms with Crippen molar-refractivity contribution in [1.29, 1.82) is 0 Å². The van der Waals surface area contributed by atoms with Crippen LogP contribution in [0.5, 0.6) is 0 Å². The molecule has 1 aromatic rings. The lowest BCUT2D eigenvalue weighted by Crippen LogP contribution is -2.51. The lowest BCUT2D eigenvalue weighted by atomic mass is 10.2. The molecule has 17 heavy (non-hydrogen) atoms. The molecule has 5 nitrogen and oxygen atoms in total. The summed E-state index contributed by atoms with van der Waals surface area (Å²) in [6.45, 7) is 2.80. The Morgan fingerprint density at radius 2 is 1.82 bits per heavy atom. The number of hydrogen-bond acceptors (Lipinski definition) is 3. The normalized spacial score (nSPS) is 17.4. The number of anilines is 1. The number of guanidine groups is 1. The number of hydrazone groups is 1. The van der Waals surface area contributed by atoms with E-state index in [1.807, 2.05) is 15.9 Å². The molecule has 2 rings (SSSR count). The number of benzene rings is 1. The van der Waals surface area contributed by atoms with E-state index in [9.17, 15) is 4.39 Å². The largest absolute Gasteiger partial charge is 0.368 e. The lowest BCUT2D eigenvalue weighted by Gasteiger charge is -2.36. The zero-order valence-corrected chi connectivity index (χ0v) is 9.51. The van der Waals surface area contributed by atoms with Gasteiger partial charge in [-0.15, -0.1) is 5.10 Å². The summed E-state index contributed by atoms with van der Waals surface area (Å²) >= 11 is 0. The molecule has 0 aliphatic carbocycles. The predicted molar refractivity (Wildman–Crippen MR) is 66.0 cm³/mol. The SMILES string of the molecule is NN=C(N)N1CCN(c2ccccc2F)CC1. The smallest absolute Gasteiger partial charge is 0.213 e. The predicted octanol–water partition coefficient (Wildman–Crippen LogP) is 0.136. The van der Waals surface area contributed by atoms with Crippen LogP contribution in [0.25, 0.3) is 0 Å². The minimum absolute atomic E-state index is 0.193. The maximum absolute atomic E-state index is 13.6. The average Bonchev–Trinajstić information content (AvgIpc) is 2.39. The van der Waals surface area contributed by atoms with Gasteiger partial charge in [-0.25, -0.2) is 4.39 Å². The number of piperazine rings is 1. The van der Waals surface area contributed by atoms with Gasteiger partial charge < -0.3 is 21.4 Å². The molecule has 6 heteroatoms. The van der Waals surface area contributed by atoms with E-state index in [2.05, 4.69) is 5.10 Å². The summed E-state index contributed by atoms with van der Waals surface area (Å²) in [7, 11) is 0. The third kappa shape index (κ3) is 2.41. The number of halogens is 1. The highest BCUT2D eigenvalue weighted by Crippen LogP contribution is 2.19. The maximum Gasteiger partial charge on any atom is 0.213 e. The van der Waals surface area contributed by atoms with Crippen molar-refractivity contribution in [2.24, 2.45) is 16.7 Å². The van der Waals surface area contributed by atoms with Crippen LogP contribution in [0.2, 0.25) is 0 Å². The van der Waals surface area contributed by atoms with Gasteiger partial charge >= 0.3 is 0 Å². The highest BCUT2D eigenvalue weighted by molar-refractivity contribution is 5.78. The molecular formula is C11H16FN5.